The molecule has 13 N–H and O–H groups in total. The van der Waals surface area contributed by atoms with Crippen LogP contribution < -0.4 is 0 Å². The molecule has 0 bridgehead atoms. The van der Waals surface area contributed by atoms with Crippen molar-refractivity contribution in [3.8, 4) is 0 Å². The van der Waals surface area contributed by atoms with Gasteiger partial charge in [0.05, 0.1) is 49.7 Å². The largest absolute Gasteiger partial charge is 0.479 e. The Bertz CT molecular complexity index is 2690. The van der Waals surface area contributed by atoms with E-state index < -0.39 is 229 Å². The summed E-state index contributed by atoms with van der Waals surface area (Å²) >= 11 is 0. The second-order valence-corrected chi connectivity index (χ2v) is 28.7. The van der Waals surface area contributed by atoms with Crippen LogP contribution >= 0.6 is 0 Å². The van der Waals surface area contributed by atoms with Gasteiger partial charge in [0.15, 0.2) is 43.5 Å². The fraction of sp³-hybridized carbons (Fsp3) is 0.871. The van der Waals surface area contributed by atoms with E-state index in [2.05, 4.69) is 19.9 Å². The number of aliphatic hydroxyl groups is 12. The Hall–Kier alpha value is -3.44. The molecule has 31 atom stereocenters. The number of carbonyl (C=O) groups is 4. The SMILES string of the molecule is C/C=C(/C)C(=O)O[C@H]1[C@H](O[C@@H]2O[C@@H](C)[C@H](OC(C)=O)[C@@H](O)[C@H]2OC(C)=O)C(C)(C)C[C@H]2C3=CC[C@@H]4[C@@]5(C)CC[C@H](O[C@@H]6O[C@H](C(=O)O)[C@@H](O)[C@H](O[C@@H]7OC[C@H](O)[C@H](O)[C@H]7O)[C@H]6O[C@@H]6O[C@H](CO)[C@@H](O)[C@H](O)[C@H]6O)C(C)(C)[C@@H]5CC[C@@]4(C)[C@]3(C)[C@@H](O)[C@@H](O)[C@]21CO. The van der Waals surface area contributed by atoms with Gasteiger partial charge < -0.3 is 118 Å². The van der Waals surface area contributed by atoms with E-state index in [4.69, 9.17) is 52.1 Å². The summed E-state index contributed by atoms with van der Waals surface area (Å²) in [5.74, 6) is -5.28. The Labute approximate surface area is 522 Å². The van der Waals surface area contributed by atoms with Gasteiger partial charge in [0.2, 0.25) is 0 Å². The molecule has 28 nitrogen and oxygen atoms in total. The first-order valence-electron chi connectivity index (χ1n) is 31.3. The van der Waals surface area contributed by atoms with Gasteiger partial charge in [0, 0.05) is 24.8 Å². The molecule has 0 unspecified atom stereocenters. The second-order valence-electron chi connectivity index (χ2n) is 28.7. The molecule has 0 radical (unpaired) electrons. The van der Waals surface area contributed by atoms with Crippen LogP contribution in [0.2, 0.25) is 0 Å². The molecule has 0 aromatic carbocycles. The van der Waals surface area contributed by atoms with Crippen LogP contribution in [-0.2, 0) is 71.3 Å². The van der Waals surface area contributed by atoms with Gasteiger partial charge >= 0.3 is 23.9 Å². The molecule has 9 aliphatic rings. The number of aliphatic carboxylic acids is 1. The number of aliphatic hydroxyl groups excluding tert-OH is 12. The second kappa shape index (κ2) is 25.9. The number of fused-ring (bicyclic) bond motifs is 7. The molecule has 8 fully saturated rings. The lowest BCUT2D eigenvalue weighted by Gasteiger charge is -2.73. The summed E-state index contributed by atoms with van der Waals surface area (Å²) in [5, 5.41) is 147. The van der Waals surface area contributed by atoms with Crippen molar-refractivity contribution in [1.29, 1.82) is 0 Å². The number of hydrogen-bond acceptors (Lipinski definition) is 27. The van der Waals surface area contributed by atoms with E-state index in [1.165, 1.54) is 19.9 Å². The van der Waals surface area contributed by atoms with E-state index in [0.717, 1.165) is 19.4 Å². The summed E-state index contributed by atoms with van der Waals surface area (Å²) in [6.07, 6.45) is -34.6. The van der Waals surface area contributed by atoms with Gasteiger partial charge in [-0.15, -0.1) is 0 Å². The van der Waals surface area contributed by atoms with Gasteiger partial charge in [-0.2, -0.15) is 0 Å². The number of carbonyl (C=O) groups excluding carboxylic acids is 3. The summed E-state index contributed by atoms with van der Waals surface area (Å²) in [7, 11) is 0. The number of allylic oxidation sites excluding steroid dienone is 2. The highest BCUT2D eigenvalue weighted by Gasteiger charge is 2.77. The number of carboxylic acids is 1. The minimum Gasteiger partial charge on any atom is -0.479 e. The van der Waals surface area contributed by atoms with E-state index in [1.807, 2.05) is 34.6 Å². The highest BCUT2D eigenvalue weighted by molar-refractivity contribution is 5.87. The highest BCUT2D eigenvalue weighted by Crippen LogP contribution is 2.76. The molecule has 4 aliphatic heterocycles. The molecule has 5 aliphatic carbocycles. The molecule has 9 rings (SSSR count). The summed E-state index contributed by atoms with van der Waals surface area (Å²) in [4.78, 5) is 52.0. The zero-order chi connectivity index (χ0) is 66.6. The van der Waals surface area contributed by atoms with Crippen molar-refractivity contribution >= 4 is 23.9 Å². The normalized spacial score (nSPS) is 49.9. The molecule has 0 spiro atoms. The van der Waals surface area contributed by atoms with E-state index in [0.29, 0.717) is 25.7 Å². The average molecular weight is 1290 g/mol. The smallest absolute Gasteiger partial charge is 0.335 e. The molecule has 0 aromatic heterocycles. The summed E-state index contributed by atoms with van der Waals surface area (Å²) in [6.45, 7) is 18.6. The topological polar surface area (TPSA) is 433 Å². The fourth-order valence-electron chi connectivity index (χ4n) is 17.8. The van der Waals surface area contributed by atoms with Crippen LogP contribution in [0, 0.1) is 50.2 Å². The lowest BCUT2D eigenvalue weighted by Crippen LogP contribution is -2.77. The average Bonchev–Trinajstić information content (AvgIpc) is 0.664. The lowest BCUT2D eigenvalue weighted by molar-refractivity contribution is -0.392. The van der Waals surface area contributed by atoms with Crippen LogP contribution in [-0.4, -0.2) is 257 Å². The molecule has 90 heavy (non-hydrogen) atoms. The number of ether oxygens (including phenoxy) is 11. The third kappa shape index (κ3) is 11.6. The molecule has 0 amide bonds. The van der Waals surface area contributed by atoms with E-state index >= 15 is 0 Å². The number of carboxylic acid groups (broad SMARTS) is 1. The molecular weight excluding hydrogens is 1190 g/mol. The van der Waals surface area contributed by atoms with Crippen molar-refractivity contribution < 1.29 is 138 Å². The molecule has 4 heterocycles. The van der Waals surface area contributed by atoms with Crippen LogP contribution in [0.5, 0.6) is 0 Å². The molecular formula is C62H96O28. The first-order valence-corrected chi connectivity index (χ1v) is 31.3. The maximum atomic E-state index is 14.2. The van der Waals surface area contributed by atoms with Crippen molar-refractivity contribution in [2.45, 2.75) is 269 Å². The Balaban J connectivity index is 1.05. The third-order valence-corrected chi connectivity index (χ3v) is 23.0. The number of esters is 3. The minimum absolute atomic E-state index is 0.168. The lowest BCUT2D eigenvalue weighted by atomic mass is 9.32. The van der Waals surface area contributed by atoms with Crippen molar-refractivity contribution in [1.82, 2.24) is 0 Å². The van der Waals surface area contributed by atoms with Crippen molar-refractivity contribution in [2.75, 3.05) is 19.8 Å². The maximum absolute atomic E-state index is 14.2. The first-order chi connectivity index (χ1) is 41.9. The first kappa shape index (κ1) is 70.9. The van der Waals surface area contributed by atoms with Crippen molar-refractivity contribution in [2.24, 2.45) is 50.2 Å². The van der Waals surface area contributed by atoms with Crippen LogP contribution in [0.1, 0.15) is 122 Å². The molecule has 4 saturated carbocycles. The van der Waals surface area contributed by atoms with Crippen molar-refractivity contribution in [3.63, 3.8) is 0 Å². The standard InChI is InChI=1S/C62H96O28/c1-13-24(2)52(79)89-50-49(90-55-45(83-27(5)66)40(73)42(25(3)81-55)82-26(4)65)57(6,7)20-29-28-14-15-33-59(10)18-17-34(58(8,9)32(59)16-19-60(33,11)61(28,12)47(75)48(76)62(29,50)23-64)85-56-46(88-54-39(72)37(70)36(69)31(21-63)84-54)43(41(74)44(87-56)51(77)78)86-53-38(71)35(68)30(67)22-80-53/h13-14,25,29-50,53-56,63-64,67-76H,15-23H2,1-12H3,(H,77,78)/b24-13-/t25-,29-,30-,31+,32-,33+,34-,35-,36+,37-,38+,39+,40+,41-,42-,43-,44-,45+,46+,47-,48+,49-,50-,53-,54-,55-,56+,59-,60+,61-,62-/m0/s1. The third-order valence-electron chi connectivity index (χ3n) is 23.0. The summed E-state index contributed by atoms with van der Waals surface area (Å²) < 4.78 is 67.0. The van der Waals surface area contributed by atoms with Gasteiger partial charge in [-0.25, -0.2) is 9.59 Å². The number of rotatable bonds is 15. The quantitative estimate of drug-likeness (QED) is 0.0299. The Kier molecular flexibility index (Phi) is 20.4. The van der Waals surface area contributed by atoms with Crippen LogP contribution in [0.3, 0.4) is 0 Å². The Morgan fingerprint density at radius 3 is 1.87 bits per heavy atom. The monoisotopic (exact) mass is 1290 g/mol. The zero-order valence-corrected chi connectivity index (χ0v) is 53.0. The van der Waals surface area contributed by atoms with Gasteiger partial charge in [-0.05, 0) is 98.7 Å². The highest BCUT2D eigenvalue weighted by atomic mass is 16.8. The molecule has 4 saturated heterocycles. The van der Waals surface area contributed by atoms with Crippen LogP contribution in [0.15, 0.2) is 23.3 Å². The van der Waals surface area contributed by atoms with Gasteiger partial charge in [-0.1, -0.05) is 66.2 Å². The predicted molar refractivity (Wildman–Crippen MR) is 304 cm³/mol. The number of hydrogen-bond donors (Lipinski definition) is 13. The van der Waals surface area contributed by atoms with Gasteiger partial charge in [0.1, 0.15) is 79.4 Å². The molecule has 512 valence electrons. The van der Waals surface area contributed by atoms with Crippen LogP contribution in [0.4, 0.5) is 0 Å². The summed E-state index contributed by atoms with van der Waals surface area (Å²) in [5.41, 5.74) is -5.48. The fourth-order valence-corrected chi connectivity index (χ4v) is 17.8. The molecule has 0 aromatic rings. The van der Waals surface area contributed by atoms with E-state index in [1.54, 1.807) is 6.92 Å². The Morgan fingerprint density at radius 2 is 1.26 bits per heavy atom. The minimum atomic E-state index is -2.16. The molecule has 28 heteroatoms. The predicted octanol–water partition coefficient (Wildman–Crippen LogP) is -1.26. The van der Waals surface area contributed by atoms with Crippen molar-refractivity contribution in [3.05, 3.63) is 23.3 Å². The van der Waals surface area contributed by atoms with E-state index in [-0.39, 0.29) is 30.3 Å². The van der Waals surface area contributed by atoms with Gasteiger partial charge in [0.25, 0.3) is 0 Å². The Morgan fingerprint density at radius 1 is 0.633 bits per heavy atom. The maximum Gasteiger partial charge on any atom is 0.335 e. The summed E-state index contributed by atoms with van der Waals surface area (Å²) in [6, 6.07) is 0. The zero-order valence-electron chi connectivity index (χ0n) is 53.0. The van der Waals surface area contributed by atoms with Gasteiger partial charge in [-0.3, -0.25) is 9.59 Å². The van der Waals surface area contributed by atoms with E-state index in [9.17, 15) is 85.6 Å². The van der Waals surface area contributed by atoms with Crippen LogP contribution in [0.25, 0.3) is 0 Å².